The molecule has 2 aromatic carbocycles. The second kappa shape index (κ2) is 7.55. The Bertz CT molecular complexity index is 1110. The molecule has 0 atom stereocenters. The van der Waals surface area contributed by atoms with Gasteiger partial charge < -0.3 is 9.47 Å². The van der Waals surface area contributed by atoms with Gasteiger partial charge in [-0.15, -0.1) is 0 Å². The minimum Gasteiger partial charge on any atom is -0.496 e. The average molecular weight is 359 g/mol. The van der Waals surface area contributed by atoms with Crippen molar-refractivity contribution in [1.82, 2.24) is 4.98 Å². The Morgan fingerprint density at radius 1 is 1.04 bits per heavy atom. The molecule has 0 saturated heterocycles. The van der Waals surface area contributed by atoms with E-state index in [0.717, 1.165) is 5.56 Å². The van der Waals surface area contributed by atoms with Gasteiger partial charge >= 0.3 is 0 Å². The maximum Gasteiger partial charge on any atom is 0.172 e. The number of hydrogen-bond acceptors (Lipinski definition) is 5. The molecule has 0 bridgehead atoms. The molecule has 0 aliphatic carbocycles. The first-order valence-electron chi connectivity index (χ1n) is 7.96. The van der Waals surface area contributed by atoms with E-state index in [-0.39, 0.29) is 22.4 Å². The summed E-state index contributed by atoms with van der Waals surface area (Å²) in [7, 11) is 2.78. The normalized spacial score (nSPS) is 9.96. The van der Waals surface area contributed by atoms with Crippen LogP contribution < -0.4 is 4.74 Å². The van der Waals surface area contributed by atoms with E-state index in [2.05, 4.69) is 4.98 Å². The van der Waals surface area contributed by atoms with Gasteiger partial charge in [-0.25, -0.2) is 9.37 Å². The first-order valence-corrected chi connectivity index (χ1v) is 7.96. The van der Waals surface area contributed by atoms with Crippen LogP contribution in [0.15, 0.2) is 54.1 Å². The number of hydrogen-bond donors (Lipinski definition) is 0. The highest BCUT2D eigenvalue weighted by molar-refractivity contribution is 5.91. The number of nitriles is 2. The van der Waals surface area contributed by atoms with E-state index in [4.69, 9.17) is 20.0 Å². The minimum absolute atomic E-state index is 0.0112. The molecule has 132 valence electrons. The third-order valence-electron chi connectivity index (χ3n) is 4.07. The van der Waals surface area contributed by atoms with Crippen LogP contribution in [0.2, 0.25) is 0 Å². The molecule has 3 rings (SSSR count). The molecule has 0 radical (unpaired) electrons. The van der Waals surface area contributed by atoms with Crippen molar-refractivity contribution in [1.29, 1.82) is 10.5 Å². The molecular formula is C21H14FN3O2. The lowest BCUT2D eigenvalue weighted by Gasteiger charge is -2.13. The molecule has 0 unspecified atom stereocenters. The van der Waals surface area contributed by atoms with Crippen molar-refractivity contribution >= 4 is 16.7 Å². The van der Waals surface area contributed by atoms with Gasteiger partial charge in [0.15, 0.2) is 17.1 Å². The predicted octanol–water partition coefficient (Wildman–Crippen LogP) is 4.45. The summed E-state index contributed by atoms with van der Waals surface area (Å²) in [6, 6.07) is 17.6. The molecule has 0 fully saturated rings. The lowest BCUT2D eigenvalue weighted by Crippen LogP contribution is -2.00. The van der Waals surface area contributed by atoms with Gasteiger partial charge in [0.1, 0.15) is 23.4 Å². The fourth-order valence-electron chi connectivity index (χ4n) is 2.80. The maximum atomic E-state index is 15.3. The van der Waals surface area contributed by atoms with Crippen molar-refractivity contribution in [2.24, 2.45) is 0 Å². The number of fused-ring (bicyclic) bond motifs is 1. The molecule has 0 amide bonds. The van der Waals surface area contributed by atoms with E-state index >= 15 is 4.39 Å². The van der Waals surface area contributed by atoms with Gasteiger partial charge in [-0.2, -0.15) is 10.5 Å². The standard InChI is InChI=1S/C21H14FN3O2/c1-26-18-10-17(13-6-4-3-5-7-13)25-20-15(18)8-9-16(19(20)22)21(27-2)14(11-23)12-24/h3-10H,1-2H3. The molecule has 0 spiro atoms. The summed E-state index contributed by atoms with van der Waals surface area (Å²) in [6.07, 6.45) is 0. The number of aromatic nitrogens is 1. The van der Waals surface area contributed by atoms with Crippen molar-refractivity contribution in [3.05, 3.63) is 65.5 Å². The summed E-state index contributed by atoms with van der Waals surface area (Å²) >= 11 is 0. The highest BCUT2D eigenvalue weighted by Crippen LogP contribution is 2.34. The van der Waals surface area contributed by atoms with Crippen LogP contribution >= 0.6 is 0 Å². The Morgan fingerprint density at radius 3 is 2.33 bits per heavy atom. The molecule has 6 heteroatoms. The van der Waals surface area contributed by atoms with Crippen LogP contribution in [0.3, 0.4) is 0 Å². The Hall–Kier alpha value is -3.90. The first-order chi connectivity index (χ1) is 13.1. The lowest BCUT2D eigenvalue weighted by molar-refractivity contribution is 0.366. The number of rotatable bonds is 4. The molecule has 1 heterocycles. The van der Waals surface area contributed by atoms with E-state index in [1.165, 1.54) is 20.3 Å². The molecule has 3 aromatic rings. The number of nitrogens with zero attached hydrogens (tertiary/aromatic N) is 3. The number of benzene rings is 2. The fourth-order valence-corrected chi connectivity index (χ4v) is 2.80. The third-order valence-corrected chi connectivity index (χ3v) is 4.07. The van der Waals surface area contributed by atoms with Crippen LogP contribution in [-0.2, 0) is 4.74 Å². The van der Waals surface area contributed by atoms with E-state index < -0.39 is 5.82 Å². The zero-order valence-corrected chi connectivity index (χ0v) is 14.7. The van der Waals surface area contributed by atoms with Gasteiger partial charge in [0, 0.05) is 17.0 Å². The second-order valence-corrected chi connectivity index (χ2v) is 5.53. The van der Waals surface area contributed by atoms with Crippen molar-refractivity contribution in [2.75, 3.05) is 14.2 Å². The Balaban J connectivity index is 2.34. The topological polar surface area (TPSA) is 78.9 Å². The lowest BCUT2D eigenvalue weighted by atomic mass is 10.0. The van der Waals surface area contributed by atoms with Crippen LogP contribution in [0, 0.1) is 28.5 Å². The number of pyridine rings is 1. The second-order valence-electron chi connectivity index (χ2n) is 5.53. The van der Waals surface area contributed by atoms with Gasteiger partial charge in [0.25, 0.3) is 0 Å². The Morgan fingerprint density at radius 2 is 1.74 bits per heavy atom. The predicted molar refractivity (Wildman–Crippen MR) is 98.8 cm³/mol. The summed E-state index contributed by atoms with van der Waals surface area (Å²) in [5, 5.41) is 18.7. The summed E-state index contributed by atoms with van der Waals surface area (Å²) in [5.74, 6) is -0.359. The van der Waals surface area contributed by atoms with Crippen LogP contribution in [0.1, 0.15) is 5.56 Å². The SMILES string of the molecule is COC(=C(C#N)C#N)c1ccc2c(OC)cc(-c3ccccc3)nc2c1F. The number of halogens is 1. The van der Waals surface area contributed by atoms with Crippen molar-refractivity contribution in [3.63, 3.8) is 0 Å². The zero-order chi connectivity index (χ0) is 19.4. The molecule has 5 nitrogen and oxygen atoms in total. The summed E-state index contributed by atoms with van der Waals surface area (Å²) in [6.45, 7) is 0. The monoisotopic (exact) mass is 359 g/mol. The van der Waals surface area contributed by atoms with Crippen LogP contribution in [0.5, 0.6) is 5.75 Å². The molecule has 0 aliphatic rings. The van der Waals surface area contributed by atoms with Gasteiger partial charge in [-0.3, -0.25) is 0 Å². The maximum absolute atomic E-state index is 15.3. The molecule has 0 N–H and O–H groups in total. The summed E-state index contributed by atoms with van der Waals surface area (Å²) < 4.78 is 25.8. The van der Waals surface area contributed by atoms with E-state index in [0.29, 0.717) is 16.8 Å². The quantitative estimate of drug-likeness (QED) is 0.508. The molecular weight excluding hydrogens is 345 g/mol. The van der Waals surface area contributed by atoms with Crippen molar-refractivity contribution in [3.8, 4) is 29.1 Å². The van der Waals surface area contributed by atoms with Crippen LogP contribution in [-0.4, -0.2) is 19.2 Å². The van der Waals surface area contributed by atoms with Gasteiger partial charge in [-0.05, 0) is 12.1 Å². The van der Waals surface area contributed by atoms with Gasteiger partial charge in [-0.1, -0.05) is 30.3 Å². The van der Waals surface area contributed by atoms with Gasteiger partial charge in [0.05, 0.1) is 25.5 Å². The zero-order valence-electron chi connectivity index (χ0n) is 14.7. The van der Waals surface area contributed by atoms with E-state index in [1.54, 1.807) is 24.3 Å². The fraction of sp³-hybridized carbons (Fsp3) is 0.0952. The van der Waals surface area contributed by atoms with Gasteiger partial charge in [0.2, 0.25) is 0 Å². The number of allylic oxidation sites excluding steroid dienone is 1. The van der Waals surface area contributed by atoms with Crippen molar-refractivity contribution < 1.29 is 13.9 Å². The minimum atomic E-state index is -0.691. The molecule has 0 saturated carbocycles. The van der Waals surface area contributed by atoms with Crippen molar-refractivity contribution in [2.45, 2.75) is 0 Å². The summed E-state index contributed by atoms with van der Waals surface area (Å²) in [5.41, 5.74) is 1.08. The molecule has 1 aromatic heterocycles. The highest BCUT2D eigenvalue weighted by atomic mass is 19.1. The first kappa shape index (κ1) is 17.9. The molecule has 0 aliphatic heterocycles. The number of ether oxygens (including phenoxy) is 2. The number of methoxy groups -OCH3 is 2. The smallest absolute Gasteiger partial charge is 0.172 e. The Labute approximate surface area is 155 Å². The van der Waals surface area contributed by atoms with Crippen LogP contribution in [0.4, 0.5) is 4.39 Å². The third kappa shape index (κ3) is 3.17. The summed E-state index contributed by atoms with van der Waals surface area (Å²) in [4.78, 5) is 4.44. The van der Waals surface area contributed by atoms with E-state index in [1.807, 2.05) is 30.3 Å². The highest BCUT2D eigenvalue weighted by Gasteiger charge is 2.20. The largest absolute Gasteiger partial charge is 0.496 e. The van der Waals surface area contributed by atoms with Crippen LogP contribution in [0.25, 0.3) is 27.9 Å². The average Bonchev–Trinajstić information content (AvgIpc) is 2.72. The van der Waals surface area contributed by atoms with E-state index in [9.17, 15) is 0 Å². The molecule has 27 heavy (non-hydrogen) atoms. The Kier molecular flexibility index (Phi) is 5.01.